The molecule has 106 valence electrons. The zero-order chi connectivity index (χ0) is 14.6. The quantitative estimate of drug-likeness (QED) is 0.292. The van der Waals surface area contributed by atoms with Crippen molar-refractivity contribution in [1.29, 1.82) is 0 Å². The highest BCUT2D eigenvalue weighted by molar-refractivity contribution is 6.17. The molecule has 0 heterocycles. The number of carbonyl (C=O) groups is 1. The van der Waals surface area contributed by atoms with Gasteiger partial charge in [-0.25, -0.2) is 22.0 Å². The lowest BCUT2D eigenvalue weighted by Gasteiger charge is -2.08. The van der Waals surface area contributed by atoms with Crippen molar-refractivity contribution >= 4 is 17.5 Å². The molecule has 0 bridgehead atoms. The van der Waals surface area contributed by atoms with Crippen molar-refractivity contribution in [3.63, 3.8) is 0 Å². The van der Waals surface area contributed by atoms with E-state index >= 15 is 0 Å². The largest absolute Gasteiger partial charge is 0.352 e. The molecule has 0 saturated carbocycles. The van der Waals surface area contributed by atoms with E-state index in [2.05, 4.69) is 5.32 Å². The van der Waals surface area contributed by atoms with Gasteiger partial charge in [-0.2, -0.15) is 0 Å². The zero-order valence-corrected chi connectivity index (χ0v) is 10.3. The lowest BCUT2D eigenvalue weighted by molar-refractivity contribution is 0.0941. The third kappa shape index (κ3) is 3.34. The monoisotopic (exact) mass is 301 g/mol. The van der Waals surface area contributed by atoms with E-state index in [1.165, 1.54) is 0 Å². The van der Waals surface area contributed by atoms with Gasteiger partial charge in [0.2, 0.25) is 5.82 Å². The van der Waals surface area contributed by atoms with Crippen molar-refractivity contribution in [2.45, 2.75) is 12.8 Å². The first-order valence-electron chi connectivity index (χ1n) is 5.27. The molecule has 19 heavy (non-hydrogen) atoms. The molecule has 0 aliphatic heterocycles. The van der Waals surface area contributed by atoms with Crippen LogP contribution in [0.2, 0.25) is 0 Å². The van der Waals surface area contributed by atoms with E-state index < -0.39 is 40.6 Å². The van der Waals surface area contributed by atoms with Crippen LogP contribution in [0.25, 0.3) is 0 Å². The maximum Gasteiger partial charge on any atom is 0.257 e. The highest BCUT2D eigenvalue weighted by atomic mass is 35.5. The SMILES string of the molecule is O=C(NCCCCCl)c1c(F)c(F)c(F)c(F)c1F. The van der Waals surface area contributed by atoms with E-state index in [9.17, 15) is 26.7 Å². The molecule has 0 aromatic heterocycles. The molecular formula is C11H9ClF5NO. The number of benzene rings is 1. The lowest BCUT2D eigenvalue weighted by atomic mass is 10.1. The molecule has 0 atom stereocenters. The summed E-state index contributed by atoms with van der Waals surface area (Å²) in [5, 5.41) is 2.06. The zero-order valence-electron chi connectivity index (χ0n) is 9.50. The van der Waals surface area contributed by atoms with Crippen molar-refractivity contribution in [3.05, 3.63) is 34.6 Å². The molecule has 1 amide bonds. The van der Waals surface area contributed by atoms with Crippen molar-refractivity contribution in [2.24, 2.45) is 0 Å². The molecule has 0 aliphatic rings. The normalized spacial score (nSPS) is 10.6. The number of unbranched alkanes of at least 4 members (excludes halogenated alkanes) is 1. The van der Waals surface area contributed by atoms with Crippen LogP contribution >= 0.6 is 11.6 Å². The van der Waals surface area contributed by atoms with Crippen LogP contribution in [0.1, 0.15) is 23.2 Å². The number of alkyl halides is 1. The van der Waals surface area contributed by atoms with E-state index in [1.54, 1.807) is 0 Å². The predicted octanol–water partition coefficient (Wildman–Crippen LogP) is 3.13. The smallest absolute Gasteiger partial charge is 0.257 e. The highest BCUT2D eigenvalue weighted by Crippen LogP contribution is 2.22. The number of amides is 1. The first kappa shape index (κ1) is 15.7. The lowest BCUT2D eigenvalue weighted by Crippen LogP contribution is -2.28. The van der Waals surface area contributed by atoms with Crippen molar-refractivity contribution < 1.29 is 26.7 Å². The molecule has 0 saturated heterocycles. The first-order chi connectivity index (χ1) is 8.91. The van der Waals surface area contributed by atoms with E-state index in [4.69, 9.17) is 11.6 Å². The van der Waals surface area contributed by atoms with Gasteiger partial charge >= 0.3 is 0 Å². The van der Waals surface area contributed by atoms with E-state index in [1.807, 2.05) is 0 Å². The summed E-state index contributed by atoms with van der Waals surface area (Å²) in [6.07, 6.45) is 0.962. The van der Waals surface area contributed by atoms with Gasteiger partial charge in [0, 0.05) is 12.4 Å². The standard InChI is InChI=1S/C11H9ClF5NO/c12-3-1-2-4-18-11(19)5-6(13)8(15)10(17)9(16)7(5)14/h1-4H2,(H,18,19). The van der Waals surface area contributed by atoms with Crippen molar-refractivity contribution in [2.75, 3.05) is 12.4 Å². The van der Waals surface area contributed by atoms with Gasteiger partial charge < -0.3 is 5.32 Å². The Bertz CT molecular complexity index is 465. The Kier molecular flexibility index (Phi) is 5.53. The average molecular weight is 302 g/mol. The van der Waals surface area contributed by atoms with Gasteiger partial charge in [0.25, 0.3) is 5.91 Å². The number of hydrogen-bond acceptors (Lipinski definition) is 1. The third-order valence-electron chi connectivity index (χ3n) is 2.28. The van der Waals surface area contributed by atoms with E-state index in [0.717, 1.165) is 0 Å². The third-order valence-corrected chi connectivity index (χ3v) is 2.55. The van der Waals surface area contributed by atoms with Gasteiger partial charge in [0.15, 0.2) is 23.3 Å². The fourth-order valence-electron chi connectivity index (χ4n) is 1.31. The second kappa shape index (κ2) is 6.70. The number of halogens is 6. The molecule has 1 N–H and O–H groups in total. The Labute approximate surface area is 110 Å². The number of rotatable bonds is 5. The summed E-state index contributed by atoms with van der Waals surface area (Å²) < 4.78 is 64.9. The van der Waals surface area contributed by atoms with Crippen molar-refractivity contribution in [1.82, 2.24) is 5.32 Å². The summed E-state index contributed by atoms with van der Waals surface area (Å²) in [5.41, 5.74) is -1.48. The minimum Gasteiger partial charge on any atom is -0.352 e. The summed E-state index contributed by atoms with van der Waals surface area (Å²) >= 11 is 5.37. The molecule has 8 heteroatoms. The molecular weight excluding hydrogens is 293 g/mol. The molecule has 0 aliphatic carbocycles. The van der Waals surface area contributed by atoms with Crippen LogP contribution < -0.4 is 5.32 Å². The number of nitrogens with one attached hydrogen (secondary N) is 1. The summed E-state index contributed by atoms with van der Waals surface area (Å²) in [5.74, 6) is -11.9. The minimum atomic E-state index is -2.30. The van der Waals surface area contributed by atoms with Gasteiger partial charge in [-0.3, -0.25) is 4.79 Å². The van der Waals surface area contributed by atoms with Crippen LogP contribution in [-0.2, 0) is 0 Å². The van der Waals surface area contributed by atoms with Gasteiger partial charge in [-0.1, -0.05) is 0 Å². The van der Waals surface area contributed by atoms with E-state index in [-0.39, 0.29) is 6.54 Å². The fraction of sp³-hybridized carbons (Fsp3) is 0.364. The van der Waals surface area contributed by atoms with Crippen LogP contribution in [0, 0.1) is 29.1 Å². The van der Waals surface area contributed by atoms with Crippen LogP contribution in [0.4, 0.5) is 22.0 Å². The maximum atomic E-state index is 13.2. The van der Waals surface area contributed by atoms with Gasteiger partial charge in [-0.05, 0) is 12.8 Å². The van der Waals surface area contributed by atoms with Gasteiger partial charge in [0.05, 0.1) is 0 Å². The van der Waals surface area contributed by atoms with Crippen LogP contribution in [0.5, 0.6) is 0 Å². The van der Waals surface area contributed by atoms with Crippen molar-refractivity contribution in [3.8, 4) is 0 Å². The van der Waals surface area contributed by atoms with Gasteiger partial charge in [0.1, 0.15) is 5.56 Å². The predicted molar refractivity (Wildman–Crippen MR) is 58.5 cm³/mol. The Morgan fingerprint density at radius 1 is 0.895 bits per heavy atom. The minimum absolute atomic E-state index is 0.0189. The summed E-state index contributed by atoms with van der Waals surface area (Å²) in [6, 6.07) is 0. The molecule has 1 rings (SSSR count). The molecule has 0 fully saturated rings. The van der Waals surface area contributed by atoms with Crippen LogP contribution in [0.15, 0.2) is 0 Å². The molecule has 1 aromatic carbocycles. The molecule has 0 radical (unpaired) electrons. The molecule has 0 spiro atoms. The fourth-order valence-corrected chi connectivity index (χ4v) is 1.50. The summed E-state index contributed by atoms with van der Waals surface area (Å²) in [4.78, 5) is 11.4. The van der Waals surface area contributed by atoms with Gasteiger partial charge in [-0.15, -0.1) is 11.6 Å². The second-order valence-electron chi connectivity index (χ2n) is 3.60. The Hall–Kier alpha value is -1.37. The average Bonchev–Trinajstić information content (AvgIpc) is 2.39. The highest BCUT2D eigenvalue weighted by Gasteiger charge is 2.29. The first-order valence-corrected chi connectivity index (χ1v) is 5.80. The summed E-state index contributed by atoms with van der Waals surface area (Å²) in [6.45, 7) is 0.0189. The Morgan fingerprint density at radius 3 is 1.84 bits per heavy atom. The molecule has 0 unspecified atom stereocenters. The topological polar surface area (TPSA) is 29.1 Å². The summed E-state index contributed by atoms with van der Waals surface area (Å²) in [7, 11) is 0. The van der Waals surface area contributed by atoms with E-state index in [0.29, 0.717) is 18.7 Å². The maximum absolute atomic E-state index is 13.2. The number of hydrogen-bond donors (Lipinski definition) is 1. The van der Waals surface area contributed by atoms with Crippen LogP contribution in [-0.4, -0.2) is 18.3 Å². The molecule has 1 aromatic rings. The second-order valence-corrected chi connectivity index (χ2v) is 3.97. The molecule has 2 nitrogen and oxygen atoms in total. The van der Waals surface area contributed by atoms with Crippen LogP contribution in [0.3, 0.4) is 0 Å². The Morgan fingerprint density at radius 2 is 1.37 bits per heavy atom. The number of carbonyl (C=O) groups excluding carboxylic acids is 1. The Balaban J connectivity index is 2.97.